The van der Waals surface area contributed by atoms with Gasteiger partial charge in [-0.05, 0) is 46.7 Å². The van der Waals surface area contributed by atoms with Crippen LogP contribution in [0.1, 0.15) is 34.6 Å². The molecule has 2 unspecified atom stereocenters. The predicted molar refractivity (Wildman–Crippen MR) is 93.8 cm³/mol. The van der Waals surface area contributed by atoms with Gasteiger partial charge in [0.25, 0.3) is 0 Å². The Morgan fingerprint density at radius 2 is 2.04 bits per heavy atom. The minimum Gasteiger partial charge on any atom is -0.352 e. The Morgan fingerprint density at radius 1 is 1.17 bits per heavy atom. The molecule has 1 saturated carbocycles. The molecule has 0 bridgehead atoms. The van der Waals surface area contributed by atoms with Gasteiger partial charge in [0, 0.05) is 30.0 Å². The molecule has 1 fully saturated rings. The van der Waals surface area contributed by atoms with E-state index in [1.807, 2.05) is 12.1 Å². The van der Waals surface area contributed by atoms with E-state index in [1.54, 1.807) is 0 Å². The average molecular weight is 371 g/mol. The Kier molecular flexibility index (Phi) is 3.95. The predicted octanol–water partition coefficient (Wildman–Crippen LogP) is 3.47. The van der Waals surface area contributed by atoms with Crippen LogP contribution in [0.4, 0.5) is 0 Å². The zero-order valence-corrected chi connectivity index (χ0v) is 14.4. The number of nitrogens with one attached hydrogen (secondary N) is 2. The third-order valence-corrected chi connectivity index (χ3v) is 5.27. The van der Waals surface area contributed by atoms with E-state index in [9.17, 15) is 4.79 Å². The normalized spacial score (nSPS) is 21.8. The summed E-state index contributed by atoms with van der Waals surface area (Å²) >= 11 is 3.50. The summed E-state index contributed by atoms with van der Waals surface area (Å²) in [6.45, 7) is 2.51. The maximum Gasteiger partial charge on any atom is 0.224 e. The second-order valence-corrected chi connectivity index (χ2v) is 7.34. The van der Waals surface area contributed by atoms with Crippen molar-refractivity contribution >= 4 is 21.8 Å². The lowest BCUT2D eigenvalue weighted by atomic mass is 10.1. The molecule has 1 aliphatic carbocycles. The Hall–Kier alpha value is -1.65. The van der Waals surface area contributed by atoms with Crippen LogP contribution in [-0.2, 0) is 24.4 Å². The van der Waals surface area contributed by atoms with Gasteiger partial charge in [0.05, 0.1) is 0 Å². The molecule has 4 heteroatoms. The Morgan fingerprint density at radius 3 is 2.91 bits per heavy atom. The average Bonchev–Trinajstić information content (AvgIpc) is 3.23. The molecule has 4 rings (SSSR count). The van der Waals surface area contributed by atoms with Gasteiger partial charge in [-0.3, -0.25) is 4.79 Å². The van der Waals surface area contributed by atoms with E-state index < -0.39 is 0 Å². The first kappa shape index (κ1) is 14.9. The van der Waals surface area contributed by atoms with Gasteiger partial charge in [-0.2, -0.15) is 0 Å². The van der Waals surface area contributed by atoms with Gasteiger partial charge in [-0.15, -0.1) is 0 Å². The first-order chi connectivity index (χ1) is 11.2. The highest BCUT2D eigenvalue weighted by atomic mass is 79.9. The molecule has 118 valence electrons. The fourth-order valence-corrected chi connectivity index (χ4v) is 3.79. The van der Waals surface area contributed by atoms with E-state index in [2.05, 4.69) is 56.9 Å². The maximum atomic E-state index is 12.3. The molecular formula is C19H19BrN2O. The molecule has 2 aromatic rings. The van der Waals surface area contributed by atoms with Gasteiger partial charge in [-0.1, -0.05) is 46.3 Å². The van der Waals surface area contributed by atoms with Gasteiger partial charge in [0.1, 0.15) is 0 Å². The van der Waals surface area contributed by atoms with Crippen molar-refractivity contribution in [2.45, 2.75) is 32.0 Å². The van der Waals surface area contributed by atoms with Crippen LogP contribution in [0.2, 0.25) is 0 Å². The van der Waals surface area contributed by atoms with Crippen LogP contribution in [0.5, 0.6) is 0 Å². The molecule has 2 atom stereocenters. The molecule has 0 spiro atoms. The quantitative estimate of drug-likeness (QED) is 0.864. The van der Waals surface area contributed by atoms with Crippen LogP contribution in [0.3, 0.4) is 0 Å². The molecule has 2 aliphatic rings. The van der Waals surface area contributed by atoms with E-state index in [0.717, 1.165) is 24.0 Å². The largest absolute Gasteiger partial charge is 0.352 e. The Balaban J connectivity index is 1.34. The maximum absolute atomic E-state index is 12.3. The van der Waals surface area contributed by atoms with E-state index in [4.69, 9.17) is 0 Å². The fraction of sp³-hybridized carbons (Fsp3) is 0.316. The number of carbonyl (C=O) groups excluding carboxylic acids is 1. The monoisotopic (exact) mass is 370 g/mol. The Labute approximate surface area is 144 Å². The molecule has 1 amide bonds. The van der Waals surface area contributed by atoms with E-state index in [1.165, 1.54) is 22.3 Å². The molecule has 1 heterocycles. The summed E-state index contributed by atoms with van der Waals surface area (Å²) in [5.74, 6) is 0.672. The van der Waals surface area contributed by atoms with E-state index >= 15 is 0 Å². The van der Waals surface area contributed by atoms with Crippen LogP contribution in [-0.4, -0.2) is 5.91 Å². The van der Waals surface area contributed by atoms with Crippen LogP contribution in [0.15, 0.2) is 46.9 Å². The molecule has 0 aromatic heterocycles. The Bertz CT molecular complexity index is 759. The minimum atomic E-state index is 0.125. The number of benzene rings is 2. The summed E-state index contributed by atoms with van der Waals surface area (Å²) < 4.78 is 1.08. The topological polar surface area (TPSA) is 41.1 Å². The van der Waals surface area contributed by atoms with Crippen molar-refractivity contribution in [3.63, 3.8) is 0 Å². The van der Waals surface area contributed by atoms with Crippen LogP contribution in [0, 0.1) is 5.92 Å². The van der Waals surface area contributed by atoms with Crippen molar-refractivity contribution < 1.29 is 4.79 Å². The minimum absolute atomic E-state index is 0.125. The number of fused-ring (bicyclic) bond motifs is 1. The number of halogens is 1. The summed E-state index contributed by atoms with van der Waals surface area (Å²) in [5.41, 5.74) is 5.16. The smallest absolute Gasteiger partial charge is 0.224 e. The second kappa shape index (κ2) is 6.10. The summed E-state index contributed by atoms with van der Waals surface area (Å²) in [7, 11) is 0. The lowest BCUT2D eigenvalue weighted by Crippen LogP contribution is -2.24. The summed E-state index contributed by atoms with van der Waals surface area (Å²) in [5, 5.41) is 6.44. The van der Waals surface area contributed by atoms with Crippen molar-refractivity contribution in [2.75, 3.05) is 0 Å². The lowest BCUT2D eigenvalue weighted by molar-refractivity contribution is -0.122. The third kappa shape index (κ3) is 3.19. The number of hydrogen-bond donors (Lipinski definition) is 2. The third-order valence-electron chi connectivity index (χ3n) is 4.77. The molecule has 3 nitrogen and oxygen atoms in total. The molecule has 0 radical (unpaired) electrons. The standard InChI is InChI=1S/C19H19BrN2O/c20-16-3-1-2-13(7-16)17-8-18(17)19(23)22-9-12-4-5-14-10-21-11-15(14)6-12/h1-7,17-18,21H,8-11H2,(H,22,23). The first-order valence-electron chi connectivity index (χ1n) is 8.05. The molecule has 2 N–H and O–H groups in total. The summed E-state index contributed by atoms with van der Waals surface area (Å²) in [6, 6.07) is 14.8. The molecule has 2 aromatic carbocycles. The number of carbonyl (C=O) groups is 1. The van der Waals surface area contributed by atoms with Crippen molar-refractivity contribution in [1.82, 2.24) is 10.6 Å². The van der Waals surface area contributed by atoms with Gasteiger partial charge >= 0.3 is 0 Å². The molecular weight excluding hydrogens is 352 g/mol. The summed E-state index contributed by atoms with van der Waals surface area (Å²) in [4.78, 5) is 12.3. The molecule has 0 saturated heterocycles. The van der Waals surface area contributed by atoms with Gasteiger partial charge in [0.2, 0.25) is 5.91 Å². The van der Waals surface area contributed by atoms with Crippen molar-refractivity contribution in [3.05, 3.63) is 69.2 Å². The molecule has 23 heavy (non-hydrogen) atoms. The van der Waals surface area contributed by atoms with Crippen LogP contribution >= 0.6 is 15.9 Å². The fourth-order valence-electron chi connectivity index (χ4n) is 3.37. The number of amides is 1. The van der Waals surface area contributed by atoms with Crippen molar-refractivity contribution in [3.8, 4) is 0 Å². The molecule has 1 aliphatic heterocycles. The highest BCUT2D eigenvalue weighted by Crippen LogP contribution is 2.47. The summed E-state index contributed by atoms with van der Waals surface area (Å²) in [6.07, 6.45) is 0.955. The van der Waals surface area contributed by atoms with Crippen molar-refractivity contribution in [2.24, 2.45) is 5.92 Å². The lowest BCUT2D eigenvalue weighted by Gasteiger charge is -2.07. The second-order valence-electron chi connectivity index (χ2n) is 6.43. The van der Waals surface area contributed by atoms with Crippen LogP contribution < -0.4 is 10.6 Å². The van der Waals surface area contributed by atoms with E-state index in [-0.39, 0.29) is 11.8 Å². The zero-order valence-electron chi connectivity index (χ0n) is 12.8. The van der Waals surface area contributed by atoms with Gasteiger partial charge in [-0.25, -0.2) is 0 Å². The highest BCUT2D eigenvalue weighted by Gasteiger charge is 2.43. The number of rotatable bonds is 4. The number of hydrogen-bond acceptors (Lipinski definition) is 2. The van der Waals surface area contributed by atoms with E-state index in [0.29, 0.717) is 12.5 Å². The zero-order chi connectivity index (χ0) is 15.8. The van der Waals surface area contributed by atoms with Crippen molar-refractivity contribution in [1.29, 1.82) is 0 Å². The van der Waals surface area contributed by atoms with Gasteiger partial charge in [0.15, 0.2) is 0 Å². The first-order valence-corrected chi connectivity index (χ1v) is 8.84. The highest BCUT2D eigenvalue weighted by molar-refractivity contribution is 9.10. The van der Waals surface area contributed by atoms with Gasteiger partial charge < -0.3 is 10.6 Å². The SMILES string of the molecule is O=C(NCc1ccc2c(c1)CNC2)C1CC1c1cccc(Br)c1. The van der Waals surface area contributed by atoms with Crippen LogP contribution in [0.25, 0.3) is 0 Å².